The molecule has 0 amide bonds. The summed E-state index contributed by atoms with van der Waals surface area (Å²) < 4.78 is 10.8. The minimum absolute atomic E-state index is 0.00257. The Morgan fingerprint density at radius 2 is 2.22 bits per heavy atom. The molecule has 0 aromatic heterocycles. The van der Waals surface area contributed by atoms with E-state index in [1.54, 1.807) is 12.3 Å². The number of benzene rings is 1. The van der Waals surface area contributed by atoms with E-state index in [1.165, 1.54) is 0 Å². The van der Waals surface area contributed by atoms with Crippen molar-refractivity contribution in [2.45, 2.75) is 39.7 Å². The summed E-state index contributed by atoms with van der Waals surface area (Å²) in [5, 5.41) is 9.50. The predicted octanol–water partition coefficient (Wildman–Crippen LogP) is 3.67. The molecule has 2 unspecified atom stereocenters. The van der Waals surface area contributed by atoms with Crippen molar-refractivity contribution in [3.05, 3.63) is 53.3 Å². The van der Waals surface area contributed by atoms with Crippen molar-refractivity contribution in [1.29, 1.82) is 0 Å². The SMILES string of the molecule is C/C=C1/C(CC(=O)OCCc2ccc(O)c(C)c2)C=COC1C. The average Bonchev–Trinajstić information content (AvgIpc) is 2.51. The third kappa shape index (κ3) is 4.62. The summed E-state index contributed by atoms with van der Waals surface area (Å²) >= 11 is 0. The molecule has 1 N–H and O–H groups in total. The van der Waals surface area contributed by atoms with Crippen molar-refractivity contribution in [3.63, 3.8) is 0 Å². The predicted molar refractivity (Wildman–Crippen MR) is 89.1 cm³/mol. The Kier molecular flexibility index (Phi) is 5.85. The Morgan fingerprint density at radius 3 is 2.91 bits per heavy atom. The maximum Gasteiger partial charge on any atom is 0.306 e. The quantitative estimate of drug-likeness (QED) is 0.665. The number of esters is 1. The van der Waals surface area contributed by atoms with Gasteiger partial charge in [0.2, 0.25) is 0 Å². The molecule has 1 aliphatic rings. The summed E-state index contributed by atoms with van der Waals surface area (Å²) in [5.41, 5.74) is 2.98. The molecule has 0 radical (unpaired) electrons. The van der Waals surface area contributed by atoms with Gasteiger partial charge >= 0.3 is 5.97 Å². The number of ether oxygens (including phenoxy) is 2. The molecule has 0 fully saturated rings. The highest BCUT2D eigenvalue weighted by Gasteiger charge is 2.24. The van der Waals surface area contributed by atoms with E-state index in [9.17, 15) is 9.90 Å². The Labute approximate surface area is 137 Å². The second-order valence-corrected chi connectivity index (χ2v) is 5.80. The third-order valence-corrected chi connectivity index (χ3v) is 4.13. The molecule has 0 spiro atoms. The van der Waals surface area contributed by atoms with Crippen molar-refractivity contribution in [3.8, 4) is 5.75 Å². The van der Waals surface area contributed by atoms with Gasteiger partial charge in [0.05, 0.1) is 19.3 Å². The van der Waals surface area contributed by atoms with E-state index in [0.717, 1.165) is 16.7 Å². The molecule has 124 valence electrons. The molecule has 0 saturated heterocycles. The average molecular weight is 316 g/mol. The highest BCUT2D eigenvalue weighted by Crippen LogP contribution is 2.27. The second-order valence-electron chi connectivity index (χ2n) is 5.80. The maximum atomic E-state index is 12.0. The van der Waals surface area contributed by atoms with Crippen LogP contribution in [0.3, 0.4) is 0 Å². The summed E-state index contributed by atoms with van der Waals surface area (Å²) in [6.45, 7) is 6.13. The summed E-state index contributed by atoms with van der Waals surface area (Å²) in [7, 11) is 0. The number of phenolic OH excluding ortho intramolecular Hbond substituents is 1. The zero-order valence-electron chi connectivity index (χ0n) is 13.9. The van der Waals surface area contributed by atoms with E-state index in [2.05, 4.69) is 0 Å². The summed E-state index contributed by atoms with van der Waals surface area (Å²) in [4.78, 5) is 12.0. The summed E-state index contributed by atoms with van der Waals surface area (Å²) in [6.07, 6.45) is 6.55. The molecule has 1 aromatic carbocycles. The Bertz CT molecular complexity index is 616. The maximum absolute atomic E-state index is 12.0. The molecule has 1 heterocycles. The van der Waals surface area contributed by atoms with Crippen LogP contribution in [0.15, 0.2) is 42.2 Å². The third-order valence-electron chi connectivity index (χ3n) is 4.13. The first-order valence-electron chi connectivity index (χ1n) is 7.93. The lowest BCUT2D eigenvalue weighted by Crippen LogP contribution is -2.23. The molecule has 0 saturated carbocycles. The van der Waals surface area contributed by atoms with Crippen LogP contribution in [-0.4, -0.2) is 23.8 Å². The summed E-state index contributed by atoms with van der Waals surface area (Å²) in [5.74, 6) is 0.126. The van der Waals surface area contributed by atoms with Gasteiger partial charge in [-0.3, -0.25) is 4.79 Å². The molecular formula is C19H24O4. The molecule has 4 nitrogen and oxygen atoms in total. The highest BCUT2D eigenvalue weighted by molar-refractivity contribution is 5.70. The molecule has 0 bridgehead atoms. The minimum Gasteiger partial charge on any atom is -0.508 e. The zero-order valence-corrected chi connectivity index (χ0v) is 13.9. The fourth-order valence-corrected chi connectivity index (χ4v) is 2.78. The van der Waals surface area contributed by atoms with E-state index in [4.69, 9.17) is 9.47 Å². The summed E-state index contributed by atoms with van der Waals surface area (Å²) in [6, 6.07) is 5.42. The standard InChI is InChI=1S/C19H24O4/c1-4-17-14(3)22-10-8-16(17)12-19(21)23-9-7-15-5-6-18(20)13(2)11-15/h4-6,8,10-11,14,16,20H,7,9,12H2,1-3H3/b17-4+. The van der Waals surface area contributed by atoms with Crippen molar-refractivity contribution in [1.82, 2.24) is 0 Å². The number of carbonyl (C=O) groups is 1. The number of aromatic hydroxyl groups is 1. The number of rotatable bonds is 5. The van der Waals surface area contributed by atoms with Crippen molar-refractivity contribution < 1.29 is 19.4 Å². The van der Waals surface area contributed by atoms with Crippen LogP contribution in [0, 0.1) is 12.8 Å². The first kappa shape index (κ1) is 17.1. The van der Waals surface area contributed by atoms with Gasteiger partial charge in [0.1, 0.15) is 11.9 Å². The monoisotopic (exact) mass is 316 g/mol. The van der Waals surface area contributed by atoms with Gasteiger partial charge in [-0.1, -0.05) is 18.2 Å². The van der Waals surface area contributed by atoms with Gasteiger partial charge in [-0.05, 0) is 49.6 Å². The first-order valence-corrected chi connectivity index (χ1v) is 7.93. The minimum atomic E-state index is -0.205. The normalized spacial score (nSPS) is 22.0. The van der Waals surface area contributed by atoms with Crippen LogP contribution in [0.25, 0.3) is 0 Å². The van der Waals surface area contributed by atoms with Crippen molar-refractivity contribution in [2.75, 3.05) is 6.61 Å². The molecule has 1 aliphatic heterocycles. The molecule has 1 aromatic rings. The van der Waals surface area contributed by atoms with Gasteiger partial charge in [0.15, 0.2) is 0 Å². The van der Waals surface area contributed by atoms with Gasteiger partial charge in [-0.25, -0.2) is 0 Å². The zero-order chi connectivity index (χ0) is 16.8. The number of hydrogen-bond acceptors (Lipinski definition) is 4. The van der Waals surface area contributed by atoms with E-state index < -0.39 is 0 Å². The number of allylic oxidation sites excluding steroid dienone is 2. The van der Waals surface area contributed by atoms with E-state index >= 15 is 0 Å². The van der Waals surface area contributed by atoms with Crippen molar-refractivity contribution in [2.24, 2.45) is 5.92 Å². The molecule has 4 heteroatoms. The van der Waals surface area contributed by atoms with Crippen LogP contribution in [0.2, 0.25) is 0 Å². The first-order chi connectivity index (χ1) is 11.0. The highest BCUT2D eigenvalue weighted by atomic mass is 16.5. The fraction of sp³-hybridized carbons (Fsp3) is 0.421. The number of aryl methyl sites for hydroxylation is 1. The van der Waals surface area contributed by atoms with Crippen LogP contribution in [0.1, 0.15) is 31.4 Å². The van der Waals surface area contributed by atoms with E-state index in [1.807, 2.05) is 45.1 Å². The molecule has 23 heavy (non-hydrogen) atoms. The van der Waals surface area contributed by atoms with Gasteiger partial charge in [0, 0.05) is 12.3 Å². The van der Waals surface area contributed by atoms with Gasteiger partial charge in [0.25, 0.3) is 0 Å². The Hall–Kier alpha value is -2.23. The lowest BCUT2D eigenvalue weighted by atomic mass is 9.90. The van der Waals surface area contributed by atoms with Crippen LogP contribution < -0.4 is 0 Å². The largest absolute Gasteiger partial charge is 0.508 e. The number of phenols is 1. The van der Waals surface area contributed by atoms with Gasteiger partial charge in [-0.2, -0.15) is 0 Å². The van der Waals surface area contributed by atoms with Gasteiger partial charge < -0.3 is 14.6 Å². The van der Waals surface area contributed by atoms with Crippen LogP contribution >= 0.6 is 0 Å². The number of hydrogen-bond donors (Lipinski definition) is 1. The van der Waals surface area contributed by atoms with Crippen molar-refractivity contribution >= 4 is 5.97 Å². The smallest absolute Gasteiger partial charge is 0.306 e. The van der Waals surface area contributed by atoms with Crippen LogP contribution in [0.4, 0.5) is 0 Å². The lowest BCUT2D eigenvalue weighted by Gasteiger charge is -2.26. The molecule has 2 rings (SSSR count). The molecular weight excluding hydrogens is 292 g/mol. The Balaban J connectivity index is 1.82. The number of carbonyl (C=O) groups excluding carboxylic acids is 1. The fourth-order valence-electron chi connectivity index (χ4n) is 2.78. The van der Waals surface area contributed by atoms with Gasteiger partial charge in [-0.15, -0.1) is 0 Å². The van der Waals surface area contributed by atoms with E-state index in [0.29, 0.717) is 19.4 Å². The van der Waals surface area contributed by atoms with Crippen LogP contribution in [0.5, 0.6) is 5.75 Å². The molecule has 0 aliphatic carbocycles. The molecule has 2 atom stereocenters. The Morgan fingerprint density at radius 1 is 1.43 bits per heavy atom. The van der Waals surface area contributed by atoms with E-state index in [-0.39, 0.29) is 23.7 Å². The van der Waals surface area contributed by atoms with Crippen LogP contribution in [-0.2, 0) is 20.7 Å². The lowest BCUT2D eigenvalue weighted by molar-refractivity contribution is -0.144. The second kappa shape index (κ2) is 7.86. The topological polar surface area (TPSA) is 55.8 Å².